The van der Waals surface area contributed by atoms with Crippen molar-refractivity contribution >= 4 is 11.4 Å². The third-order valence-electron chi connectivity index (χ3n) is 3.20. The van der Waals surface area contributed by atoms with Crippen LogP contribution in [0, 0.1) is 17.0 Å². The average molecular weight is 273 g/mol. The van der Waals surface area contributed by atoms with E-state index in [2.05, 4.69) is 16.8 Å². The number of anilines is 1. The molecule has 0 aliphatic carbocycles. The van der Waals surface area contributed by atoms with Crippen LogP contribution in [0.2, 0.25) is 0 Å². The van der Waals surface area contributed by atoms with Crippen LogP contribution in [0.4, 0.5) is 11.4 Å². The predicted octanol–water partition coefficient (Wildman–Crippen LogP) is 3.73. The maximum absolute atomic E-state index is 11.1. The van der Waals surface area contributed by atoms with Crippen molar-refractivity contribution in [3.05, 3.63) is 57.9 Å². The van der Waals surface area contributed by atoms with E-state index in [1.807, 2.05) is 31.3 Å². The Bertz CT molecular complexity index is 605. The van der Waals surface area contributed by atoms with Crippen LogP contribution in [0.1, 0.15) is 24.6 Å². The van der Waals surface area contributed by atoms with Crippen molar-refractivity contribution in [1.29, 1.82) is 0 Å². The molecular formula is C15H19N3O2. The van der Waals surface area contributed by atoms with Gasteiger partial charge in [0, 0.05) is 24.5 Å². The lowest BCUT2D eigenvalue weighted by molar-refractivity contribution is -0.384. The Morgan fingerprint density at radius 2 is 2.15 bits per heavy atom. The predicted molar refractivity (Wildman–Crippen MR) is 79.9 cm³/mol. The molecule has 0 spiro atoms. The molecule has 1 aromatic carbocycles. The molecule has 1 heterocycles. The number of hydrogen-bond acceptors (Lipinski definition) is 3. The second kappa shape index (κ2) is 6.23. The quantitative estimate of drug-likeness (QED) is 0.644. The first-order valence-electron chi connectivity index (χ1n) is 6.74. The number of aryl methyl sites for hydroxylation is 2. The van der Waals surface area contributed by atoms with E-state index >= 15 is 0 Å². The van der Waals surface area contributed by atoms with Gasteiger partial charge in [0.05, 0.1) is 11.5 Å². The number of benzene rings is 1. The van der Waals surface area contributed by atoms with Crippen molar-refractivity contribution in [3.63, 3.8) is 0 Å². The Morgan fingerprint density at radius 1 is 1.35 bits per heavy atom. The van der Waals surface area contributed by atoms with Crippen molar-refractivity contribution in [2.75, 3.05) is 5.32 Å². The minimum atomic E-state index is -0.347. The lowest BCUT2D eigenvalue weighted by Crippen LogP contribution is -2.08. The summed E-state index contributed by atoms with van der Waals surface area (Å²) in [5.41, 5.74) is 2.70. The molecule has 1 N–H and O–H groups in total. The lowest BCUT2D eigenvalue weighted by atomic mass is 10.2. The highest BCUT2D eigenvalue weighted by Gasteiger charge is 2.13. The summed E-state index contributed by atoms with van der Waals surface area (Å²) >= 11 is 0. The van der Waals surface area contributed by atoms with E-state index < -0.39 is 0 Å². The van der Waals surface area contributed by atoms with E-state index in [4.69, 9.17) is 0 Å². The van der Waals surface area contributed by atoms with Crippen LogP contribution in [0.5, 0.6) is 0 Å². The van der Waals surface area contributed by atoms with Gasteiger partial charge >= 0.3 is 0 Å². The van der Waals surface area contributed by atoms with Crippen LogP contribution in [0.3, 0.4) is 0 Å². The first-order valence-corrected chi connectivity index (χ1v) is 6.74. The molecule has 0 aliphatic rings. The maximum Gasteiger partial charge on any atom is 0.292 e. The van der Waals surface area contributed by atoms with Gasteiger partial charge in [0.2, 0.25) is 0 Å². The molecule has 0 amide bonds. The van der Waals surface area contributed by atoms with Gasteiger partial charge in [0.25, 0.3) is 5.69 Å². The zero-order valence-electron chi connectivity index (χ0n) is 11.8. The topological polar surface area (TPSA) is 60.1 Å². The van der Waals surface area contributed by atoms with Gasteiger partial charge in [-0.15, -0.1) is 0 Å². The smallest absolute Gasteiger partial charge is 0.292 e. The molecule has 0 bridgehead atoms. The largest absolute Gasteiger partial charge is 0.374 e. The van der Waals surface area contributed by atoms with Crippen molar-refractivity contribution in [3.8, 4) is 0 Å². The Kier molecular flexibility index (Phi) is 4.40. The fraction of sp³-hybridized carbons (Fsp3) is 0.333. The molecule has 0 unspecified atom stereocenters. The standard InChI is InChI=1S/C15H19N3O2/c1-3-8-17-9-4-5-13(17)11-16-14-7-6-12(2)10-15(14)18(19)20/h4-7,9-10,16H,3,8,11H2,1-2H3. The number of aromatic nitrogens is 1. The molecule has 0 radical (unpaired) electrons. The van der Waals surface area contributed by atoms with Gasteiger partial charge in [-0.2, -0.15) is 0 Å². The van der Waals surface area contributed by atoms with Gasteiger partial charge in [-0.25, -0.2) is 0 Å². The SMILES string of the molecule is CCCn1cccc1CNc1ccc(C)cc1[N+](=O)[O-]. The third kappa shape index (κ3) is 3.17. The monoisotopic (exact) mass is 273 g/mol. The summed E-state index contributed by atoms with van der Waals surface area (Å²) in [6.45, 7) is 5.52. The summed E-state index contributed by atoms with van der Waals surface area (Å²) in [4.78, 5) is 10.7. The molecule has 0 saturated carbocycles. The van der Waals surface area contributed by atoms with Crippen molar-refractivity contribution in [2.45, 2.75) is 33.4 Å². The first-order chi connectivity index (χ1) is 9.61. The van der Waals surface area contributed by atoms with E-state index in [0.717, 1.165) is 24.2 Å². The minimum Gasteiger partial charge on any atom is -0.374 e. The molecule has 106 valence electrons. The van der Waals surface area contributed by atoms with Crippen LogP contribution < -0.4 is 5.32 Å². The van der Waals surface area contributed by atoms with E-state index in [9.17, 15) is 10.1 Å². The highest BCUT2D eigenvalue weighted by molar-refractivity contribution is 5.62. The van der Waals surface area contributed by atoms with Crippen molar-refractivity contribution in [2.24, 2.45) is 0 Å². The van der Waals surface area contributed by atoms with E-state index in [1.54, 1.807) is 12.1 Å². The van der Waals surface area contributed by atoms with E-state index in [1.165, 1.54) is 0 Å². The van der Waals surface area contributed by atoms with Gasteiger partial charge in [0.1, 0.15) is 5.69 Å². The molecule has 0 aliphatic heterocycles. The molecule has 2 rings (SSSR count). The van der Waals surface area contributed by atoms with Gasteiger partial charge in [-0.1, -0.05) is 13.0 Å². The molecule has 5 nitrogen and oxygen atoms in total. The van der Waals surface area contributed by atoms with Crippen LogP contribution in [0.25, 0.3) is 0 Å². The number of nitro groups is 1. The molecule has 0 fully saturated rings. The number of hydrogen-bond donors (Lipinski definition) is 1. The second-order valence-electron chi connectivity index (χ2n) is 4.82. The Morgan fingerprint density at radius 3 is 2.85 bits per heavy atom. The fourth-order valence-electron chi connectivity index (χ4n) is 2.20. The number of nitrogens with zero attached hydrogens (tertiary/aromatic N) is 2. The number of nitrogens with one attached hydrogen (secondary N) is 1. The lowest BCUT2D eigenvalue weighted by Gasteiger charge is -2.10. The van der Waals surface area contributed by atoms with Crippen LogP contribution in [-0.2, 0) is 13.1 Å². The summed E-state index contributed by atoms with van der Waals surface area (Å²) in [6.07, 6.45) is 3.09. The first kappa shape index (κ1) is 14.1. The third-order valence-corrected chi connectivity index (χ3v) is 3.20. The molecule has 20 heavy (non-hydrogen) atoms. The zero-order chi connectivity index (χ0) is 14.5. The summed E-state index contributed by atoms with van der Waals surface area (Å²) in [5, 5.41) is 14.2. The fourth-order valence-corrected chi connectivity index (χ4v) is 2.20. The molecular weight excluding hydrogens is 254 g/mol. The number of nitro benzene ring substituents is 1. The van der Waals surface area contributed by atoms with Gasteiger partial charge < -0.3 is 9.88 Å². The molecule has 2 aromatic rings. The van der Waals surface area contributed by atoms with Gasteiger partial charge in [-0.3, -0.25) is 10.1 Å². The summed E-state index contributed by atoms with van der Waals surface area (Å²) in [6, 6.07) is 9.26. The van der Waals surface area contributed by atoms with E-state index in [-0.39, 0.29) is 10.6 Å². The number of rotatable bonds is 6. The van der Waals surface area contributed by atoms with Gasteiger partial charge in [0.15, 0.2) is 0 Å². The van der Waals surface area contributed by atoms with Crippen LogP contribution in [-0.4, -0.2) is 9.49 Å². The molecule has 0 atom stereocenters. The van der Waals surface area contributed by atoms with Crippen molar-refractivity contribution in [1.82, 2.24) is 4.57 Å². The Labute approximate surface area is 118 Å². The van der Waals surface area contributed by atoms with Crippen LogP contribution >= 0.6 is 0 Å². The Balaban J connectivity index is 2.14. The second-order valence-corrected chi connectivity index (χ2v) is 4.82. The highest BCUT2D eigenvalue weighted by atomic mass is 16.6. The van der Waals surface area contributed by atoms with E-state index in [0.29, 0.717) is 12.2 Å². The maximum atomic E-state index is 11.1. The molecule has 5 heteroatoms. The molecule has 1 aromatic heterocycles. The highest BCUT2D eigenvalue weighted by Crippen LogP contribution is 2.25. The van der Waals surface area contributed by atoms with Crippen molar-refractivity contribution < 1.29 is 4.92 Å². The normalized spacial score (nSPS) is 10.5. The summed E-state index contributed by atoms with van der Waals surface area (Å²) in [7, 11) is 0. The zero-order valence-corrected chi connectivity index (χ0v) is 11.8. The minimum absolute atomic E-state index is 0.124. The molecule has 0 saturated heterocycles. The summed E-state index contributed by atoms with van der Waals surface area (Å²) in [5.74, 6) is 0. The van der Waals surface area contributed by atoms with Crippen LogP contribution in [0.15, 0.2) is 36.5 Å². The van der Waals surface area contributed by atoms with Gasteiger partial charge in [-0.05, 0) is 37.1 Å². The Hall–Kier alpha value is -2.30. The average Bonchev–Trinajstić information content (AvgIpc) is 2.85. The summed E-state index contributed by atoms with van der Waals surface area (Å²) < 4.78 is 2.16.